The van der Waals surface area contributed by atoms with Gasteiger partial charge in [0.25, 0.3) is 11.8 Å². The van der Waals surface area contributed by atoms with Gasteiger partial charge in [-0.15, -0.1) is 0 Å². The highest BCUT2D eigenvalue weighted by Crippen LogP contribution is 2.09. The first kappa shape index (κ1) is 18.3. The Kier molecular flexibility index (Phi) is 6.43. The van der Waals surface area contributed by atoms with Crippen molar-refractivity contribution < 1.29 is 19.9 Å². The number of nitrogens with zero attached hydrogens (tertiary/aromatic N) is 2. The number of aliphatic hydroxyl groups excluding tert-OH is 1. The van der Waals surface area contributed by atoms with Crippen LogP contribution in [0.2, 0.25) is 0 Å². The second-order valence-corrected chi connectivity index (χ2v) is 4.67. The van der Waals surface area contributed by atoms with Gasteiger partial charge >= 0.3 is 0 Å². The van der Waals surface area contributed by atoms with Gasteiger partial charge in [-0.1, -0.05) is 7.43 Å². The Morgan fingerprint density at radius 1 is 1.26 bits per heavy atom. The van der Waals surface area contributed by atoms with Crippen molar-refractivity contribution >= 4 is 11.8 Å². The van der Waals surface area contributed by atoms with E-state index in [2.05, 4.69) is 10.4 Å². The minimum absolute atomic E-state index is 0. The van der Waals surface area contributed by atoms with Gasteiger partial charge in [-0.05, 0) is 37.3 Å². The Morgan fingerprint density at radius 2 is 1.91 bits per heavy atom. The lowest BCUT2D eigenvalue weighted by molar-refractivity contribution is -0.133. The van der Waals surface area contributed by atoms with Crippen molar-refractivity contribution in [2.75, 3.05) is 0 Å². The average molecular weight is 320 g/mol. The quantitative estimate of drug-likeness (QED) is 0.473. The normalized spacial score (nSPS) is 12.7. The number of amides is 2. The largest absolute Gasteiger partial charge is 0.391 e. The van der Waals surface area contributed by atoms with E-state index in [-0.39, 0.29) is 7.43 Å². The number of hydrogen-bond acceptors (Lipinski definition) is 5. The van der Waals surface area contributed by atoms with Gasteiger partial charge < -0.3 is 10.4 Å². The van der Waals surface area contributed by atoms with Crippen LogP contribution in [0.4, 0.5) is 0 Å². The third kappa shape index (κ3) is 4.38. The fourth-order valence-electron chi connectivity index (χ4n) is 1.89. The van der Waals surface area contributed by atoms with Crippen molar-refractivity contribution in [3.05, 3.63) is 48.3 Å². The Balaban J connectivity index is 0.00000264. The van der Waals surface area contributed by atoms with Crippen molar-refractivity contribution in [1.82, 2.24) is 20.6 Å². The monoisotopic (exact) mass is 320 g/mol. The zero-order valence-corrected chi connectivity index (χ0v) is 11.8. The molecule has 0 aliphatic rings. The van der Waals surface area contributed by atoms with Crippen LogP contribution in [0.3, 0.4) is 0 Å². The number of carbonyl (C=O) groups is 2. The summed E-state index contributed by atoms with van der Waals surface area (Å²) >= 11 is 0. The predicted octanol–water partition coefficient (Wildman–Crippen LogP) is 0.493. The summed E-state index contributed by atoms with van der Waals surface area (Å²) in [5, 5.41) is 24.5. The molecule has 2 aromatic rings. The molecule has 2 amide bonds. The molecule has 0 fully saturated rings. The molecule has 0 aliphatic heterocycles. The molecule has 0 saturated carbocycles. The molecule has 0 unspecified atom stereocenters. The molecule has 1 aromatic carbocycles. The molecule has 2 rings (SSSR count). The summed E-state index contributed by atoms with van der Waals surface area (Å²) in [5.41, 5.74) is 2.50. The van der Waals surface area contributed by atoms with Crippen LogP contribution in [0.5, 0.6) is 0 Å². The Hall–Kier alpha value is -2.71. The van der Waals surface area contributed by atoms with Gasteiger partial charge in [0.15, 0.2) is 0 Å². The van der Waals surface area contributed by atoms with Gasteiger partial charge in [-0.2, -0.15) is 5.10 Å². The molecule has 0 saturated heterocycles. The highest BCUT2D eigenvalue weighted by Gasteiger charge is 2.25. The maximum absolute atomic E-state index is 12.1. The molecule has 8 heteroatoms. The molecule has 23 heavy (non-hydrogen) atoms. The van der Waals surface area contributed by atoms with Gasteiger partial charge in [0.05, 0.1) is 11.8 Å². The van der Waals surface area contributed by atoms with Gasteiger partial charge in [0.2, 0.25) is 0 Å². The highest BCUT2D eigenvalue weighted by atomic mass is 16.5. The van der Waals surface area contributed by atoms with E-state index < -0.39 is 24.0 Å². The zero-order valence-electron chi connectivity index (χ0n) is 11.8. The van der Waals surface area contributed by atoms with E-state index in [1.807, 2.05) is 0 Å². The first-order chi connectivity index (χ1) is 10.5. The predicted molar refractivity (Wildman–Crippen MR) is 83.2 cm³/mol. The van der Waals surface area contributed by atoms with Gasteiger partial charge in [-0.3, -0.25) is 14.8 Å². The van der Waals surface area contributed by atoms with Crippen molar-refractivity contribution in [2.45, 2.75) is 26.5 Å². The number of benzene rings is 1. The third-order valence-corrected chi connectivity index (χ3v) is 3.06. The number of carbonyl (C=O) groups excluding carboxylic acids is 2. The number of hydrogen-bond donors (Lipinski definition) is 4. The summed E-state index contributed by atoms with van der Waals surface area (Å²) in [6.07, 6.45) is 2.25. The maximum atomic E-state index is 12.1. The van der Waals surface area contributed by atoms with E-state index in [0.717, 1.165) is 5.69 Å². The van der Waals surface area contributed by atoms with Gasteiger partial charge in [0.1, 0.15) is 6.04 Å². The molecule has 1 heterocycles. The van der Waals surface area contributed by atoms with E-state index in [9.17, 15) is 14.7 Å². The topological polar surface area (TPSA) is 116 Å². The third-order valence-electron chi connectivity index (χ3n) is 3.06. The summed E-state index contributed by atoms with van der Waals surface area (Å²) in [4.78, 5) is 23.5. The molecule has 0 spiro atoms. The van der Waals surface area contributed by atoms with E-state index in [0.29, 0.717) is 5.56 Å². The van der Waals surface area contributed by atoms with Crippen LogP contribution in [0, 0.1) is 0 Å². The Bertz CT molecular complexity index is 638. The van der Waals surface area contributed by atoms with E-state index in [1.165, 1.54) is 12.4 Å². The van der Waals surface area contributed by atoms with Crippen LogP contribution in [-0.4, -0.2) is 44.1 Å². The summed E-state index contributed by atoms with van der Waals surface area (Å²) in [5.74, 6) is -1.43. The standard InChI is InChI=1S/C14H16N4O4.CH4/c1-9(19)12(14(21)17-22)16-13(20)10-3-5-11(6-4-10)18-8-2-7-15-18;/h2-9,12,19,22H,1H3,(H,16,20)(H,17,21);1H4/t9-,12+;/m1./s1. The van der Waals surface area contributed by atoms with Crippen LogP contribution in [0.25, 0.3) is 5.69 Å². The molecule has 0 bridgehead atoms. The van der Waals surface area contributed by atoms with Crippen LogP contribution in [0.1, 0.15) is 24.7 Å². The molecule has 0 aliphatic carbocycles. The minimum atomic E-state index is -1.25. The molecule has 1 aromatic heterocycles. The summed E-state index contributed by atoms with van der Waals surface area (Å²) in [6, 6.07) is 7.08. The lowest BCUT2D eigenvalue weighted by Gasteiger charge is -2.19. The highest BCUT2D eigenvalue weighted by molar-refractivity contribution is 5.97. The van der Waals surface area contributed by atoms with Crippen LogP contribution >= 0.6 is 0 Å². The molecule has 2 atom stereocenters. The van der Waals surface area contributed by atoms with Crippen LogP contribution < -0.4 is 10.8 Å². The van der Waals surface area contributed by atoms with Gasteiger partial charge in [-0.25, -0.2) is 10.2 Å². The van der Waals surface area contributed by atoms with Crippen LogP contribution in [0.15, 0.2) is 42.7 Å². The first-order valence-electron chi connectivity index (χ1n) is 6.56. The van der Waals surface area contributed by atoms with E-state index in [1.54, 1.807) is 47.4 Å². The zero-order chi connectivity index (χ0) is 16.1. The fraction of sp³-hybridized carbons (Fsp3) is 0.267. The average Bonchev–Trinajstić information content (AvgIpc) is 3.06. The smallest absolute Gasteiger partial charge is 0.268 e. The first-order valence-corrected chi connectivity index (χ1v) is 6.56. The molecule has 8 nitrogen and oxygen atoms in total. The Morgan fingerprint density at radius 3 is 2.39 bits per heavy atom. The fourth-order valence-corrected chi connectivity index (χ4v) is 1.89. The SMILES string of the molecule is C.C[C@@H](O)[C@H](NC(=O)c1ccc(-n2cccn2)cc1)C(=O)NO. The van der Waals surface area contributed by atoms with Crippen molar-refractivity contribution in [2.24, 2.45) is 0 Å². The lowest BCUT2D eigenvalue weighted by atomic mass is 10.1. The van der Waals surface area contributed by atoms with Crippen LogP contribution in [-0.2, 0) is 4.79 Å². The maximum Gasteiger partial charge on any atom is 0.268 e. The minimum Gasteiger partial charge on any atom is -0.391 e. The van der Waals surface area contributed by atoms with E-state index in [4.69, 9.17) is 5.21 Å². The number of aliphatic hydroxyl groups is 1. The Labute approximate surface area is 133 Å². The summed E-state index contributed by atoms with van der Waals surface area (Å²) in [7, 11) is 0. The summed E-state index contributed by atoms with van der Waals surface area (Å²) < 4.78 is 1.64. The lowest BCUT2D eigenvalue weighted by Crippen LogP contribution is -2.51. The molecule has 124 valence electrons. The number of aromatic nitrogens is 2. The number of hydroxylamine groups is 1. The second-order valence-electron chi connectivity index (χ2n) is 4.67. The second kappa shape index (κ2) is 8.06. The van der Waals surface area contributed by atoms with Crippen molar-refractivity contribution in [1.29, 1.82) is 0 Å². The van der Waals surface area contributed by atoms with Crippen molar-refractivity contribution in [3.63, 3.8) is 0 Å². The molecular weight excluding hydrogens is 300 g/mol. The molecule has 4 N–H and O–H groups in total. The number of rotatable bonds is 5. The number of nitrogens with one attached hydrogen (secondary N) is 2. The van der Waals surface area contributed by atoms with E-state index >= 15 is 0 Å². The van der Waals surface area contributed by atoms with Crippen molar-refractivity contribution in [3.8, 4) is 5.69 Å². The molecule has 0 radical (unpaired) electrons. The van der Waals surface area contributed by atoms with Gasteiger partial charge in [0, 0.05) is 18.0 Å². The summed E-state index contributed by atoms with van der Waals surface area (Å²) in [6.45, 7) is 1.33. The molecular formula is C15H20N4O4.